The van der Waals surface area contributed by atoms with Crippen molar-refractivity contribution in [3.8, 4) is 0 Å². The van der Waals surface area contributed by atoms with Crippen LogP contribution in [0.15, 0.2) is 45.4 Å². The smallest absolute Gasteiger partial charge is 0.345 e. The van der Waals surface area contributed by atoms with Gasteiger partial charge in [-0.15, -0.1) is 0 Å². The van der Waals surface area contributed by atoms with E-state index >= 15 is 0 Å². The average Bonchev–Trinajstić information content (AvgIpc) is 2.74. The third-order valence-corrected chi connectivity index (χ3v) is 7.20. The van der Waals surface area contributed by atoms with Gasteiger partial charge in [0, 0.05) is 4.47 Å². The second-order valence-electron chi connectivity index (χ2n) is 7.44. The summed E-state index contributed by atoms with van der Waals surface area (Å²) in [5.74, 6) is -3.85. The van der Waals surface area contributed by atoms with E-state index in [9.17, 15) is 35.9 Å². The number of benzene rings is 2. The number of alkyl halides is 6. The zero-order valence-electron chi connectivity index (χ0n) is 18.0. The fraction of sp³-hybridized carbons (Fsp3) is 0.273. The minimum Gasteiger partial charge on any atom is -0.345 e. The molecule has 2 unspecified atom stereocenters. The lowest BCUT2D eigenvalue weighted by Gasteiger charge is -2.18. The summed E-state index contributed by atoms with van der Waals surface area (Å²) in [4.78, 5) is 24.2. The summed E-state index contributed by atoms with van der Waals surface area (Å²) in [5.41, 5.74) is 0.143. The Bertz CT molecular complexity index is 1150. The Labute approximate surface area is 228 Å². The van der Waals surface area contributed by atoms with Crippen molar-refractivity contribution in [2.24, 2.45) is 0 Å². The van der Waals surface area contributed by atoms with E-state index in [0.717, 1.165) is 18.2 Å². The summed E-state index contributed by atoms with van der Waals surface area (Å²) in [7, 11) is 0. The first-order valence-electron chi connectivity index (χ1n) is 9.84. The molecule has 36 heavy (non-hydrogen) atoms. The van der Waals surface area contributed by atoms with Crippen LogP contribution < -0.4 is 10.6 Å². The van der Waals surface area contributed by atoms with Crippen molar-refractivity contribution in [1.29, 1.82) is 0 Å². The summed E-state index contributed by atoms with van der Waals surface area (Å²) in [6.45, 7) is -0.346. The molecule has 0 saturated carbocycles. The quantitative estimate of drug-likeness (QED) is 0.232. The standard InChI is InChI=1S/C22H16Br2Cl2F6N2O2/c1-10(19(35)33-9-21(27,28)29)34-20(36)13-4-2-11(6-15(13)23)3-5-14(22(30,31)32)12-7-16(25)18(24)17(26)8-12/h2-8,10,14H,9H2,1H3,(H,33,35)(H,34,36)/b5-3+. The van der Waals surface area contributed by atoms with E-state index in [1.165, 1.54) is 31.2 Å². The van der Waals surface area contributed by atoms with Gasteiger partial charge in [-0.05, 0) is 74.2 Å². The summed E-state index contributed by atoms with van der Waals surface area (Å²) in [6.07, 6.45) is -7.16. The van der Waals surface area contributed by atoms with E-state index < -0.39 is 42.7 Å². The predicted molar refractivity (Wildman–Crippen MR) is 132 cm³/mol. The molecule has 0 heterocycles. The zero-order chi connectivity index (χ0) is 27.4. The normalized spacial score (nSPS) is 14.0. The molecule has 2 rings (SSSR count). The Morgan fingerprint density at radius 2 is 1.61 bits per heavy atom. The lowest BCUT2D eigenvalue weighted by atomic mass is 9.97. The molecule has 0 aliphatic carbocycles. The largest absolute Gasteiger partial charge is 0.405 e. The van der Waals surface area contributed by atoms with Gasteiger partial charge in [0.25, 0.3) is 5.91 Å². The van der Waals surface area contributed by atoms with Crippen LogP contribution in [0, 0.1) is 0 Å². The maximum Gasteiger partial charge on any atom is 0.405 e. The van der Waals surface area contributed by atoms with Gasteiger partial charge in [-0.25, -0.2) is 0 Å². The molecular formula is C22H16Br2Cl2F6N2O2. The number of rotatable bonds is 7. The average molecular weight is 685 g/mol. The summed E-state index contributed by atoms with van der Waals surface area (Å²) < 4.78 is 78.3. The lowest BCUT2D eigenvalue weighted by molar-refractivity contribution is -0.139. The molecule has 0 aliphatic rings. The van der Waals surface area contributed by atoms with Gasteiger partial charge >= 0.3 is 12.4 Å². The van der Waals surface area contributed by atoms with Gasteiger partial charge in [0.1, 0.15) is 12.6 Å². The molecule has 2 aromatic rings. The first-order valence-corrected chi connectivity index (χ1v) is 12.2. The Balaban J connectivity index is 2.19. The van der Waals surface area contributed by atoms with E-state index in [1.807, 2.05) is 0 Å². The number of nitrogens with one attached hydrogen (secondary N) is 2. The van der Waals surface area contributed by atoms with Crippen LogP contribution in [-0.2, 0) is 4.79 Å². The van der Waals surface area contributed by atoms with Gasteiger partial charge in [0.05, 0.1) is 26.0 Å². The molecule has 2 N–H and O–H groups in total. The highest BCUT2D eigenvalue weighted by atomic mass is 79.9. The Morgan fingerprint density at radius 3 is 2.11 bits per heavy atom. The SMILES string of the molecule is CC(NC(=O)c1ccc(/C=C/C(c2cc(Cl)c(Br)c(Cl)c2)C(F)(F)F)cc1Br)C(=O)NCC(F)(F)F. The molecule has 0 fully saturated rings. The van der Waals surface area contributed by atoms with Gasteiger partial charge in [0.2, 0.25) is 5.91 Å². The van der Waals surface area contributed by atoms with Gasteiger partial charge in [-0.1, -0.05) is 41.4 Å². The van der Waals surface area contributed by atoms with E-state index in [0.29, 0.717) is 5.56 Å². The second-order valence-corrected chi connectivity index (χ2v) is 9.91. The van der Waals surface area contributed by atoms with Crippen LogP contribution in [0.25, 0.3) is 6.08 Å². The Hall–Kier alpha value is -1.76. The van der Waals surface area contributed by atoms with Crippen LogP contribution in [0.4, 0.5) is 26.3 Å². The minimum atomic E-state index is -4.66. The zero-order valence-corrected chi connectivity index (χ0v) is 22.7. The van der Waals surface area contributed by atoms with Crippen LogP contribution in [-0.4, -0.2) is 36.8 Å². The third-order valence-electron chi connectivity index (χ3n) is 4.64. The number of carbonyl (C=O) groups is 2. The fourth-order valence-corrected chi connectivity index (χ4v) is 4.18. The first-order chi connectivity index (χ1) is 16.5. The number of amides is 2. The number of hydrogen-bond acceptors (Lipinski definition) is 2. The summed E-state index contributed by atoms with van der Waals surface area (Å²) in [5, 5.41) is 3.94. The van der Waals surface area contributed by atoms with Crippen molar-refractivity contribution in [2.75, 3.05) is 6.54 Å². The van der Waals surface area contributed by atoms with E-state index in [2.05, 4.69) is 37.2 Å². The molecule has 0 spiro atoms. The lowest BCUT2D eigenvalue weighted by Crippen LogP contribution is -2.47. The second kappa shape index (κ2) is 12.2. The Morgan fingerprint density at radius 1 is 1.03 bits per heavy atom. The molecule has 2 amide bonds. The molecule has 196 valence electrons. The van der Waals surface area contributed by atoms with Gasteiger partial charge in [0.15, 0.2) is 0 Å². The Kier molecular flexibility index (Phi) is 10.3. The molecule has 2 aromatic carbocycles. The summed E-state index contributed by atoms with van der Waals surface area (Å²) >= 11 is 18.1. The van der Waals surface area contributed by atoms with Crippen molar-refractivity contribution < 1.29 is 35.9 Å². The van der Waals surface area contributed by atoms with E-state index in [4.69, 9.17) is 23.2 Å². The maximum atomic E-state index is 13.7. The molecule has 0 bridgehead atoms. The first kappa shape index (κ1) is 30.5. The van der Waals surface area contributed by atoms with Gasteiger partial charge in [-0.2, -0.15) is 26.3 Å². The van der Waals surface area contributed by atoms with Crippen molar-refractivity contribution in [3.05, 3.63) is 72.1 Å². The molecule has 0 radical (unpaired) electrons. The molecule has 14 heteroatoms. The number of allylic oxidation sites excluding steroid dienone is 1. The van der Waals surface area contributed by atoms with E-state index in [-0.39, 0.29) is 30.1 Å². The fourth-order valence-electron chi connectivity index (χ4n) is 2.87. The molecule has 2 atom stereocenters. The molecule has 0 aromatic heterocycles. The molecule has 4 nitrogen and oxygen atoms in total. The highest BCUT2D eigenvalue weighted by Gasteiger charge is 2.39. The van der Waals surface area contributed by atoms with Crippen LogP contribution in [0.3, 0.4) is 0 Å². The van der Waals surface area contributed by atoms with Crippen molar-refractivity contribution in [2.45, 2.75) is 31.2 Å². The van der Waals surface area contributed by atoms with Crippen LogP contribution in [0.5, 0.6) is 0 Å². The predicted octanol–water partition coefficient (Wildman–Crippen LogP) is 7.67. The highest BCUT2D eigenvalue weighted by Crippen LogP contribution is 2.41. The minimum absolute atomic E-state index is 0.0135. The van der Waals surface area contributed by atoms with Crippen molar-refractivity contribution in [1.82, 2.24) is 10.6 Å². The van der Waals surface area contributed by atoms with Crippen LogP contribution >= 0.6 is 55.1 Å². The van der Waals surface area contributed by atoms with Crippen LogP contribution in [0.1, 0.15) is 34.3 Å². The monoisotopic (exact) mass is 682 g/mol. The van der Waals surface area contributed by atoms with Crippen LogP contribution in [0.2, 0.25) is 10.0 Å². The maximum absolute atomic E-state index is 13.7. The number of carbonyl (C=O) groups excluding carboxylic acids is 2. The van der Waals surface area contributed by atoms with Crippen molar-refractivity contribution in [3.63, 3.8) is 0 Å². The molecular weight excluding hydrogens is 669 g/mol. The number of hydrogen-bond donors (Lipinski definition) is 2. The summed E-state index contributed by atoms with van der Waals surface area (Å²) in [6, 6.07) is 5.04. The van der Waals surface area contributed by atoms with Crippen molar-refractivity contribution >= 4 is 73.0 Å². The van der Waals surface area contributed by atoms with Gasteiger partial charge < -0.3 is 10.6 Å². The highest BCUT2D eigenvalue weighted by molar-refractivity contribution is 9.11. The molecule has 0 aliphatic heterocycles. The topological polar surface area (TPSA) is 58.2 Å². The third kappa shape index (κ3) is 8.67. The number of halogens is 10. The van der Waals surface area contributed by atoms with Gasteiger partial charge in [-0.3, -0.25) is 9.59 Å². The van der Waals surface area contributed by atoms with E-state index in [1.54, 1.807) is 5.32 Å². The molecule has 0 saturated heterocycles.